The Labute approximate surface area is 144 Å². The molecule has 1 aliphatic heterocycles. The van der Waals surface area contributed by atoms with Gasteiger partial charge in [-0.2, -0.15) is 0 Å². The van der Waals surface area contributed by atoms with E-state index < -0.39 is 11.9 Å². The number of benzene rings is 2. The maximum atomic E-state index is 13.4. The maximum Gasteiger partial charge on any atom is 0.246 e. The van der Waals surface area contributed by atoms with E-state index in [1.54, 1.807) is 31.2 Å². The molecule has 0 saturated heterocycles. The van der Waals surface area contributed by atoms with Crippen molar-refractivity contribution in [3.05, 3.63) is 42.2 Å². The monoisotopic (exact) mass is 346 g/mol. The Bertz CT molecular complexity index is 782. The van der Waals surface area contributed by atoms with Gasteiger partial charge in [0.2, 0.25) is 12.7 Å². The molecule has 0 saturated carbocycles. The summed E-state index contributed by atoms with van der Waals surface area (Å²) in [5.41, 5.74) is 1.16. The van der Waals surface area contributed by atoms with Gasteiger partial charge in [0.25, 0.3) is 0 Å². The maximum absolute atomic E-state index is 13.4. The van der Waals surface area contributed by atoms with E-state index in [0.29, 0.717) is 35.2 Å². The molecule has 0 fully saturated rings. The van der Waals surface area contributed by atoms with Crippen LogP contribution in [0.3, 0.4) is 0 Å². The Balaban J connectivity index is 1.67. The SMILES string of the molecule is CCOc1cc(F)ccc1NC(C)C(=O)Nc1ccc2c(c1)OCO2. The number of ether oxygens (including phenoxy) is 3. The smallest absolute Gasteiger partial charge is 0.246 e. The standard InChI is InChI=1S/C18H19FN2O4/c1-3-23-16-8-12(19)4-6-14(16)20-11(2)18(22)21-13-5-7-15-17(9-13)25-10-24-15/h4-9,11,20H,3,10H2,1-2H3,(H,21,22). The molecular formula is C18H19FN2O4. The molecule has 1 aliphatic rings. The molecule has 2 aromatic rings. The van der Waals surface area contributed by atoms with Crippen molar-refractivity contribution >= 4 is 17.3 Å². The van der Waals surface area contributed by atoms with Gasteiger partial charge in [-0.1, -0.05) is 0 Å². The molecule has 1 atom stereocenters. The normalized spacial score (nSPS) is 13.2. The molecule has 132 valence electrons. The highest BCUT2D eigenvalue weighted by Gasteiger charge is 2.18. The van der Waals surface area contributed by atoms with E-state index in [-0.39, 0.29) is 12.7 Å². The first-order valence-electron chi connectivity index (χ1n) is 7.96. The van der Waals surface area contributed by atoms with Crippen LogP contribution in [0, 0.1) is 5.82 Å². The van der Waals surface area contributed by atoms with Gasteiger partial charge < -0.3 is 24.8 Å². The van der Waals surface area contributed by atoms with Gasteiger partial charge in [0.1, 0.15) is 17.6 Å². The van der Waals surface area contributed by atoms with Gasteiger partial charge in [-0.15, -0.1) is 0 Å². The van der Waals surface area contributed by atoms with E-state index in [2.05, 4.69) is 10.6 Å². The van der Waals surface area contributed by atoms with Gasteiger partial charge in [0, 0.05) is 17.8 Å². The molecule has 3 rings (SSSR count). The van der Waals surface area contributed by atoms with Crippen LogP contribution in [0.15, 0.2) is 36.4 Å². The van der Waals surface area contributed by atoms with Crippen molar-refractivity contribution in [1.82, 2.24) is 0 Å². The summed E-state index contributed by atoms with van der Waals surface area (Å²) in [7, 11) is 0. The first kappa shape index (κ1) is 16.9. The fourth-order valence-electron chi connectivity index (χ4n) is 2.41. The molecule has 2 aromatic carbocycles. The third-order valence-corrected chi connectivity index (χ3v) is 3.65. The lowest BCUT2D eigenvalue weighted by molar-refractivity contribution is -0.116. The summed E-state index contributed by atoms with van der Waals surface area (Å²) in [5.74, 6) is 0.967. The van der Waals surface area contributed by atoms with Crippen molar-refractivity contribution in [3.8, 4) is 17.2 Å². The molecule has 25 heavy (non-hydrogen) atoms. The van der Waals surface area contributed by atoms with Gasteiger partial charge in [-0.3, -0.25) is 4.79 Å². The summed E-state index contributed by atoms with van der Waals surface area (Å²) in [5, 5.41) is 5.84. The number of fused-ring (bicyclic) bond motifs is 1. The lowest BCUT2D eigenvalue weighted by atomic mass is 10.2. The quantitative estimate of drug-likeness (QED) is 0.839. The number of anilines is 2. The fraction of sp³-hybridized carbons (Fsp3) is 0.278. The van der Waals surface area contributed by atoms with Gasteiger partial charge >= 0.3 is 0 Å². The van der Waals surface area contributed by atoms with Gasteiger partial charge in [0.05, 0.1) is 12.3 Å². The Kier molecular flexibility index (Phi) is 4.92. The topological polar surface area (TPSA) is 68.8 Å². The van der Waals surface area contributed by atoms with E-state index in [9.17, 15) is 9.18 Å². The van der Waals surface area contributed by atoms with Crippen molar-refractivity contribution in [2.24, 2.45) is 0 Å². The first-order valence-corrected chi connectivity index (χ1v) is 7.96. The Morgan fingerprint density at radius 2 is 2.04 bits per heavy atom. The molecule has 7 heteroatoms. The van der Waals surface area contributed by atoms with Gasteiger partial charge in [0.15, 0.2) is 11.5 Å². The molecule has 1 unspecified atom stereocenters. The van der Waals surface area contributed by atoms with Crippen molar-refractivity contribution < 1.29 is 23.4 Å². The van der Waals surface area contributed by atoms with Crippen LogP contribution >= 0.6 is 0 Å². The molecule has 0 aliphatic carbocycles. The summed E-state index contributed by atoms with van der Waals surface area (Å²) in [6.07, 6.45) is 0. The third-order valence-electron chi connectivity index (χ3n) is 3.65. The Hall–Kier alpha value is -2.96. The minimum absolute atomic E-state index is 0.176. The van der Waals surface area contributed by atoms with Gasteiger partial charge in [-0.05, 0) is 38.1 Å². The second-order valence-corrected chi connectivity index (χ2v) is 5.50. The number of rotatable bonds is 6. The number of hydrogen-bond donors (Lipinski definition) is 2. The highest BCUT2D eigenvalue weighted by Crippen LogP contribution is 2.34. The minimum atomic E-state index is -0.560. The zero-order chi connectivity index (χ0) is 17.8. The molecular weight excluding hydrogens is 327 g/mol. The number of hydrogen-bond acceptors (Lipinski definition) is 5. The van der Waals surface area contributed by atoms with Crippen molar-refractivity contribution in [2.45, 2.75) is 19.9 Å². The van der Waals surface area contributed by atoms with Crippen LogP contribution in [0.1, 0.15) is 13.8 Å². The largest absolute Gasteiger partial charge is 0.492 e. The minimum Gasteiger partial charge on any atom is -0.492 e. The molecule has 0 aromatic heterocycles. The second-order valence-electron chi connectivity index (χ2n) is 5.50. The highest BCUT2D eigenvalue weighted by atomic mass is 19.1. The van der Waals surface area contributed by atoms with E-state index in [0.717, 1.165) is 0 Å². The number of amides is 1. The lowest BCUT2D eigenvalue weighted by Crippen LogP contribution is -2.32. The zero-order valence-corrected chi connectivity index (χ0v) is 14.0. The van der Waals surface area contributed by atoms with E-state index >= 15 is 0 Å². The van der Waals surface area contributed by atoms with E-state index in [4.69, 9.17) is 14.2 Å². The van der Waals surface area contributed by atoms with Crippen LogP contribution in [0.4, 0.5) is 15.8 Å². The first-order chi connectivity index (χ1) is 12.1. The average Bonchev–Trinajstić information content (AvgIpc) is 3.05. The molecule has 0 bridgehead atoms. The predicted octanol–water partition coefficient (Wildman–Crippen LogP) is 3.39. The van der Waals surface area contributed by atoms with Crippen LogP contribution in [0.2, 0.25) is 0 Å². The van der Waals surface area contributed by atoms with Crippen molar-refractivity contribution in [2.75, 3.05) is 24.0 Å². The van der Waals surface area contributed by atoms with Crippen molar-refractivity contribution in [1.29, 1.82) is 0 Å². The summed E-state index contributed by atoms with van der Waals surface area (Å²) < 4.78 is 29.3. The molecule has 1 amide bonds. The molecule has 1 heterocycles. The van der Waals surface area contributed by atoms with Crippen LogP contribution in [0.5, 0.6) is 17.2 Å². The fourth-order valence-corrected chi connectivity index (χ4v) is 2.41. The number of carbonyl (C=O) groups is 1. The highest BCUT2D eigenvalue weighted by molar-refractivity contribution is 5.96. The third kappa shape index (κ3) is 3.93. The van der Waals surface area contributed by atoms with Crippen molar-refractivity contribution in [3.63, 3.8) is 0 Å². The number of carbonyl (C=O) groups excluding carboxylic acids is 1. The zero-order valence-electron chi connectivity index (χ0n) is 14.0. The number of halogens is 1. The molecule has 6 nitrogen and oxygen atoms in total. The van der Waals surface area contributed by atoms with Gasteiger partial charge in [-0.25, -0.2) is 4.39 Å². The molecule has 0 radical (unpaired) electrons. The Morgan fingerprint density at radius 3 is 2.84 bits per heavy atom. The van der Waals surface area contributed by atoms with Crippen LogP contribution in [0.25, 0.3) is 0 Å². The van der Waals surface area contributed by atoms with E-state index in [1.165, 1.54) is 12.1 Å². The van der Waals surface area contributed by atoms with E-state index in [1.807, 2.05) is 6.92 Å². The average molecular weight is 346 g/mol. The summed E-state index contributed by atoms with van der Waals surface area (Å²) in [6, 6.07) is 8.77. The lowest BCUT2D eigenvalue weighted by Gasteiger charge is -2.18. The second kappa shape index (κ2) is 7.29. The Morgan fingerprint density at radius 1 is 1.24 bits per heavy atom. The van der Waals surface area contributed by atoms with Crippen LogP contribution in [-0.4, -0.2) is 25.3 Å². The molecule has 2 N–H and O–H groups in total. The summed E-state index contributed by atoms with van der Waals surface area (Å²) in [6.45, 7) is 4.09. The number of nitrogens with one attached hydrogen (secondary N) is 2. The molecule has 0 spiro atoms. The summed E-state index contributed by atoms with van der Waals surface area (Å²) in [4.78, 5) is 12.4. The van der Waals surface area contributed by atoms with Crippen LogP contribution < -0.4 is 24.8 Å². The predicted molar refractivity (Wildman–Crippen MR) is 91.8 cm³/mol. The summed E-state index contributed by atoms with van der Waals surface area (Å²) >= 11 is 0. The van der Waals surface area contributed by atoms with Crippen LogP contribution in [-0.2, 0) is 4.79 Å².